The SMILES string of the molecule is C[C@@H]([C@H](O[Si](C)(C)C(C)(C)C)[C@@H](C)/C=C/I)[C@@H]1CCO[Si](C(C)(C)C)(C(C)(C)C)O1. The Morgan fingerprint density at radius 2 is 1.50 bits per heavy atom. The second-order valence-corrected chi connectivity index (χ2v) is 23.0. The summed E-state index contributed by atoms with van der Waals surface area (Å²) in [5.74, 6) is 0.653. The first-order chi connectivity index (χ1) is 13.3. The van der Waals surface area contributed by atoms with Crippen molar-refractivity contribution in [3.8, 4) is 0 Å². The standard InChI is InChI=1S/C24H49IO3Si2/c1-18(14-16-25)21(28-29(12,13)22(3,4)5)19(2)20-15-17-26-30(27-20,23(6,7)8)24(9,10)11/h14,16,18-21H,15,17H2,1-13H3/b16-14+/t18-,19+,20-,21+/m0/s1. The molecular formula is C24H49IO3Si2. The highest BCUT2D eigenvalue weighted by Crippen LogP contribution is 2.55. The van der Waals surface area contributed by atoms with Crippen LogP contribution in [-0.4, -0.2) is 35.7 Å². The van der Waals surface area contributed by atoms with Crippen molar-refractivity contribution >= 4 is 39.5 Å². The largest absolute Gasteiger partial charge is 0.413 e. The van der Waals surface area contributed by atoms with Gasteiger partial charge in [-0.1, -0.05) is 105 Å². The van der Waals surface area contributed by atoms with Gasteiger partial charge < -0.3 is 13.3 Å². The zero-order valence-electron chi connectivity index (χ0n) is 22.0. The fourth-order valence-electron chi connectivity index (χ4n) is 4.55. The van der Waals surface area contributed by atoms with Crippen LogP contribution < -0.4 is 0 Å². The maximum Gasteiger partial charge on any atom is 0.349 e. The number of hydrogen-bond acceptors (Lipinski definition) is 3. The third kappa shape index (κ3) is 6.22. The molecule has 0 aromatic rings. The molecule has 0 radical (unpaired) electrons. The lowest BCUT2D eigenvalue weighted by Gasteiger charge is -2.54. The van der Waals surface area contributed by atoms with Gasteiger partial charge in [0.25, 0.3) is 0 Å². The van der Waals surface area contributed by atoms with Crippen molar-refractivity contribution in [2.75, 3.05) is 6.61 Å². The Kier molecular flexibility index (Phi) is 9.56. The van der Waals surface area contributed by atoms with E-state index < -0.39 is 16.9 Å². The first-order valence-electron chi connectivity index (χ1n) is 11.6. The summed E-state index contributed by atoms with van der Waals surface area (Å²) in [7, 11) is -4.38. The van der Waals surface area contributed by atoms with Gasteiger partial charge >= 0.3 is 8.56 Å². The minimum absolute atomic E-state index is 0.00710. The highest BCUT2D eigenvalue weighted by Gasteiger charge is 2.61. The summed E-state index contributed by atoms with van der Waals surface area (Å²) in [5, 5.41) is 0.199. The Balaban J connectivity index is 3.30. The molecule has 0 aliphatic carbocycles. The number of halogens is 1. The average molecular weight is 569 g/mol. The molecule has 0 saturated carbocycles. The van der Waals surface area contributed by atoms with E-state index in [1.807, 2.05) is 0 Å². The molecule has 1 saturated heterocycles. The van der Waals surface area contributed by atoms with E-state index in [1.54, 1.807) is 0 Å². The molecule has 4 atom stereocenters. The first-order valence-corrected chi connectivity index (χ1v) is 17.5. The van der Waals surface area contributed by atoms with E-state index in [9.17, 15) is 0 Å². The maximum absolute atomic E-state index is 7.10. The molecule has 1 aliphatic heterocycles. The van der Waals surface area contributed by atoms with Crippen LogP contribution in [0.25, 0.3) is 0 Å². The van der Waals surface area contributed by atoms with E-state index in [-0.39, 0.29) is 27.3 Å². The second-order valence-electron chi connectivity index (χ2n) is 12.8. The summed E-state index contributed by atoms with van der Waals surface area (Å²) >= 11 is 2.32. The monoisotopic (exact) mass is 568 g/mol. The second kappa shape index (κ2) is 9.96. The van der Waals surface area contributed by atoms with Gasteiger partial charge in [-0.05, 0) is 28.6 Å². The summed E-state index contributed by atoms with van der Waals surface area (Å²) in [6.07, 6.45) is 3.54. The van der Waals surface area contributed by atoms with Gasteiger partial charge in [0, 0.05) is 28.5 Å². The zero-order valence-corrected chi connectivity index (χ0v) is 26.1. The minimum atomic E-state index is -2.47. The zero-order chi connectivity index (χ0) is 23.8. The summed E-state index contributed by atoms with van der Waals surface area (Å²) in [5.41, 5.74) is 0. The van der Waals surface area contributed by atoms with Gasteiger partial charge in [-0.25, -0.2) is 0 Å². The molecule has 0 aromatic heterocycles. The molecule has 178 valence electrons. The molecule has 30 heavy (non-hydrogen) atoms. The van der Waals surface area contributed by atoms with E-state index in [1.165, 1.54) is 0 Å². The Labute approximate surface area is 203 Å². The highest BCUT2D eigenvalue weighted by molar-refractivity contribution is 14.1. The molecule has 3 nitrogen and oxygen atoms in total. The maximum atomic E-state index is 7.10. The van der Waals surface area contributed by atoms with Crippen LogP contribution in [0, 0.1) is 11.8 Å². The van der Waals surface area contributed by atoms with E-state index in [0.29, 0.717) is 11.8 Å². The molecule has 0 aromatic carbocycles. The van der Waals surface area contributed by atoms with Gasteiger partial charge in [0.05, 0.1) is 12.2 Å². The quantitative estimate of drug-likeness (QED) is 0.238. The van der Waals surface area contributed by atoms with Crippen molar-refractivity contribution in [1.29, 1.82) is 0 Å². The van der Waals surface area contributed by atoms with E-state index in [2.05, 4.69) is 122 Å². The van der Waals surface area contributed by atoms with Crippen LogP contribution in [0.2, 0.25) is 28.2 Å². The number of hydrogen-bond donors (Lipinski definition) is 0. The Morgan fingerprint density at radius 3 is 1.90 bits per heavy atom. The molecule has 1 fully saturated rings. The molecule has 1 aliphatic rings. The Hall–Kier alpha value is 0.784. The summed E-state index contributed by atoms with van der Waals surface area (Å²) < 4.78 is 22.9. The molecule has 6 heteroatoms. The Bertz CT molecular complexity index is 571. The van der Waals surface area contributed by atoms with Gasteiger partial charge in [0.15, 0.2) is 8.32 Å². The first kappa shape index (κ1) is 28.8. The van der Waals surface area contributed by atoms with Crippen LogP contribution >= 0.6 is 22.6 Å². The topological polar surface area (TPSA) is 27.7 Å². The Morgan fingerprint density at radius 1 is 1.00 bits per heavy atom. The van der Waals surface area contributed by atoms with Gasteiger partial charge in [-0.3, -0.25) is 0 Å². The molecule has 0 unspecified atom stereocenters. The lowest BCUT2D eigenvalue weighted by Crippen LogP contribution is -2.63. The van der Waals surface area contributed by atoms with Crippen LogP contribution in [-0.2, 0) is 13.3 Å². The molecule has 0 N–H and O–H groups in total. The predicted molar refractivity (Wildman–Crippen MR) is 144 cm³/mol. The van der Waals surface area contributed by atoms with Crippen LogP contribution in [0.3, 0.4) is 0 Å². The van der Waals surface area contributed by atoms with E-state index in [4.69, 9.17) is 13.3 Å². The fraction of sp³-hybridized carbons (Fsp3) is 0.917. The predicted octanol–water partition coefficient (Wildman–Crippen LogP) is 8.45. The van der Waals surface area contributed by atoms with Gasteiger partial charge in [0.1, 0.15) is 0 Å². The highest BCUT2D eigenvalue weighted by atomic mass is 127. The van der Waals surface area contributed by atoms with Crippen molar-refractivity contribution in [1.82, 2.24) is 0 Å². The van der Waals surface area contributed by atoms with Crippen molar-refractivity contribution in [2.45, 2.75) is 123 Å². The number of rotatable bonds is 6. The molecule has 0 amide bonds. The van der Waals surface area contributed by atoms with Crippen molar-refractivity contribution in [3.63, 3.8) is 0 Å². The van der Waals surface area contributed by atoms with E-state index >= 15 is 0 Å². The van der Waals surface area contributed by atoms with Gasteiger partial charge in [-0.15, -0.1) is 0 Å². The molecule has 1 heterocycles. The van der Waals surface area contributed by atoms with Crippen LogP contribution in [0.4, 0.5) is 0 Å². The van der Waals surface area contributed by atoms with Gasteiger partial charge in [0.2, 0.25) is 0 Å². The third-order valence-electron chi connectivity index (χ3n) is 7.24. The van der Waals surface area contributed by atoms with Crippen molar-refractivity contribution in [2.24, 2.45) is 11.8 Å². The van der Waals surface area contributed by atoms with Crippen LogP contribution in [0.1, 0.15) is 82.6 Å². The molecule has 0 bridgehead atoms. The fourth-order valence-corrected chi connectivity index (χ4v) is 11.7. The van der Waals surface area contributed by atoms with Crippen LogP contribution in [0.5, 0.6) is 0 Å². The van der Waals surface area contributed by atoms with Crippen LogP contribution in [0.15, 0.2) is 10.2 Å². The van der Waals surface area contributed by atoms with Crippen molar-refractivity contribution < 1.29 is 13.3 Å². The van der Waals surface area contributed by atoms with Gasteiger partial charge in [-0.2, -0.15) is 0 Å². The smallest absolute Gasteiger partial charge is 0.349 e. The summed E-state index contributed by atoms with van der Waals surface area (Å²) in [6, 6.07) is 0. The average Bonchev–Trinajstić information content (AvgIpc) is 2.56. The van der Waals surface area contributed by atoms with Crippen molar-refractivity contribution in [3.05, 3.63) is 10.2 Å². The molecule has 1 rings (SSSR count). The molecule has 0 spiro atoms. The lowest BCUT2D eigenvalue weighted by molar-refractivity contribution is -0.0438. The lowest BCUT2D eigenvalue weighted by atomic mass is 9.88. The minimum Gasteiger partial charge on any atom is -0.413 e. The molecular weight excluding hydrogens is 519 g/mol. The summed E-state index contributed by atoms with van der Waals surface area (Å²) in [6.45, 7) is 30.9. The normalized spacial score (nSPS) is 24.7. The van der Waals surface area contributed by atoms with E-state index in [0.717, 1.165) is 13.0 Å². The third-order valence-corrected chi connectivity index (χ3v) is 17.3. The summed E-state index contributed by atoms with van der Waals surface area (Å²) in [4.78, 5) is 0.